The van der Waals surface area contributed by atoms with E-state index in [1.165, 1.54) is 22.3 Å². The van der Waals surface area contributed by atoms with Gasteiger partial charge < -0.3 is 10.1 Å². The lowest BCUT2D eigenvalue weighted by Crippen LogP contribution is -2.32. The molecule has 0 radical (unpaired) electrons. The van der Waals surface area contributed by atoms with Crippen molar-refractivity contribution in [1.82, 2.24) is 5.32 Å². The Balaban J connectivity index is 2.06. The summed E-state index contributed by atoms with van der Waals surface area (Å²) in [6.07, 6.45) is 0. The molecule has 0 aliphatic carbocycles. The molecule has 1 N–H and O–H groups in total. The van der Waals surface area contributed by atoms with E-state index in [1.807, 2.05) is 0 Å². The van der Waals surface area contributed by atoms with Gasteiger partial charge in [-0.05, 0) is 29.7 Å². The third-order valence-electron chi connectivity index (χ3n) is 4.38. The zero-order chi connectivity index (χ0) is 14.1. The fourth-order valence-corrected chi connectivity index (χ4v) is 3.29. The molecule has 0 spiro atoms. The van der Waals surface area contributed by atoms with Gasteiger partial charge in [0.1, 0.15) is 5.75 Å². The van der Waals surface area contributed by atoms with Crippen LogP contribution >= 0.6 is 0 Å². The standard InChI is InChI=1S/C18H21NO/c1-12-9-10-16(20-3)17-13(2)18(19-11-15(12)17)14-7-5-4-6-8-14/h4-10,13,18-19H,11H2,1-3H3. The predicted molar refractivity (Wildman–Crippen MR) is 82.2 cm³/mol. The van der Waals surface area contributed by atoms with Gasteiger partial charge in [-0.1, -0.05) is 43.3 Å². The highest BCUT2D eigenvalue weighted by molar-refractivity contribution is 5.49. The largest absolute Gasteiger partial charge is 0.496 e. The van der Waals surface area contributed by atoms with Crippen LogP contribution in [0, 0.1) is 6.92 Å². The summed E-state index contributed by atoms with van der Waals surface area (Å²) < 4.78 is 5.59. The van der Waals surface area contributed by atoms with Gasteiger partial charge in [0, 0.05) is 24.1 Å². The first-order chi connectivity index (χ1) is 9.72. The number of fused-ring (bicyclic) bond motifs is 1. The van der Waals surface area contributed by atoms with Crippen LogP contribution in [0.4, 0.5) is 0 Å². The van der Waals surface area contributed by atoms with Gasteiger partial charge in [0.15, 0.2) is 0 Å². The van der Waals surface area contributed by atoms with Crippen molar-refractivity contribution in [3.63, 3.8) is 0 Å². The molecule has 2 atom stereocenters. The number of hydrogen-bond acceptors (Lipinski definition) is 2. The van der Waals surface area contributed by atoms with Gasteiger partial charge in [-0.25, -0.2) is 0 Å². The Morgan fingerprint density at radius 3 is 2.55 bits per heavy atom. The monoisotopic (exact) mass is 267 g/mol. The molecule has 0 amide bonds. The molecule has 104 valence electrons. The summed E-state index contributed by atoms with van der Waals surface area (Å²) in [5.41, 5.74) is 5.44. The molecule has 2 aromatic rings. The van der Waals surface area contributed by atoms with E-state index in [0.717, 1.165) is 12.3 Å². The van der Waals surface area contributed by atoms with Crippen molar-refractivity contribution in [3.8, 4) is 5.75 Å². The number of aryl methyl sites for hydroxylation is 1. The second kappa shape index (κ2) is 5.29. The van der Waals surface area contributed by atoms with Crippen molar-refractivity contribution < 1.29 is 4.74 Å². The number of nitrogens with one attached hydrogen (secondary N) is 1. The van der Waals surface area contributed by atoms with Crippen LogP contribution in [0.5, 0.6) is 5.75 Å². The lowest BCUT2D eigenvalue weighted by molar-refractivity contribution is 0.378. The van der Waals surface area contributed by atoms with Gasteiger partial charge in [0.05, 0.1) is 7.11 Å². The third-order valence-corrected chi connectivity index (χ3v) is 4.38. The summed E-state index contributed by atoms with van der Waals surface area (Å²) in [7, 11) is 1.76. The Labute approximate surface area is 120 Å². The molecule has 2 unspecified atom stereocenters. The van der Waals surface area contributed by atoms with Gasteiger partial charge in [0.2, 0.25) is 0 Å². The number of methoxy groups -OCH3 is 1. The Bertz CT molecular complexity index is 606. The number of rotatable bonds is 2. The summed E-state index contributed by atoms with van der Waals surface area (Å²) in [4.78, 5) is 0. The Kier molecular flexibility index (Phi) is 3.49. The first-order valence-corrected chi connectivity index (χ1v) is 7.17. The van der Waals surface area contributed by atoms with Gasteiger partial charge in [-0.2, -0.15) is 0 Å². The Morgan fingerprint density at radius 1 is 1.10 bits per heavy atom. The lowest BCUT2D eigenvalue weighted by atomic mass is 9.81. The van der Waals surface area contributed by atoms with Crippen molar-refractivity contribution in [2.75, 3.05) is 7.11 Å². The fourth-order valence-electron chi connectivity index (χ4n) is 3.29. The van der Waals surface area contributed by atoms with E-state index in [4.69, 9.17) is 4.74 Å². The molecule has 0 aromatic heterocycles. The minimum atomic E-state index is 0.347. The van der Waals surface area contributed by atoms with Crippen LogP contribution in [-0.2, 0) is 6.54 Å². The Morgan fingerprint density at radius 2 is 1.85 bits per heavy atom. The SMILES string of the molecule is COc1ccc(C)c2c1C(C)C(c1ccccc1)NC2. The fraction of sp³-hybridized carbons (Fsp3) is 0.333. The highest BCUT2D eigenvalue weighted by Crippen LogP contribution is 2.42. The zero-order valence-corrected chi connectivity index (χ0v) is 12.3. The van der Waals surface area contributed by atoms with Gasteiger partial charge in [-0.15, -0.1) is 0 Å². The molecule has 2 heteroatoms. The molecule has 1 aliphatic rings. The smallest absolute Gasteiger partial charge is 0.122 e. The van der Waals surface area contributed by atoms with E-state index in [0.29, 0.717) is 12.0 Å². The molecule has 1 aliphatic heterocycles. The quantitative estimate of drug-likeness (QED) is 0.889. The molecular weight excluding hydrogens is 246 g/mol. The maximum absolute atomic E-state index is 5.59. The number of ether oxygens (including phenoxy) is 1. The van der Waals surface area contributed by atoms with E-state index in [1.54, 1.807) is 7.11 Å². The molecule has 2 aromatic carbocycles. The van der Waals surface area contributed by atoms with E-state index in [9.17, 15) is 0 Å². The molecule has 0 bridgehead atoms. The predicted octanol–water partition coefficient (Wildman–Crippen LogP) is 3.95. The van der Waals surface area contributed by atoms with Crippen molar-refractivity contribution in [2.24, 2.45) is 0 Å². The highest BCUT2D eigenvalue weighted by Gasteiger charge is 2.30. The van der Waals surface area contributed by atoms with Crippen LogP contribution in [-0.4, -0.2) is 7.11 Å². The highest BCUT2D eigenvalue weighted by atomic mass is 16.5. The van der Waals surface area contributed by atoms with Crippen LogP contribution in [0.15, 0.2) is 42.5 Å². The summed E-state index contributed by atoms with van der Waals surface area (Å²) >= 11 is 0. The summed E-state index contributed by atoms with van der Waals surface area (Å²) in [5, 5.41) is 3.68. The average molecular weight is 267 g/mol. The van der Waals surface area contributed by atoms with Gasteiger partial charge in [0.25, 0.3) is 0 Å². The average Bonchev–Trinajstić information content (AvgIpc) is 2.49. The second-order valence-electron chi connectivity index (χ2n) is 5.53. The van der Waals surface area contributed by atoms with Crippen LogP contribution in [0.3, 0.4) is 0 Å². The maximum atomic E-state index is 5.59. The van der Waals surface area contributed by atoms with Crippen LogP contribution in [0.2, 0.25) is 0 Å². The first kappa shape index (κ1) is 13.2. The first-order valence-electron chi connectivity index (χ1n) is 7.17. The number of hydrogen-bond donors (Lipinski definition) is 1. The minimum Gasteiger partial charge on any atom is -0.496 e. The van der Waals surface area contributed by atoms with E-state index in [-0.39, 0.29) is 0 Å². The minimum absolute atomic E-state index is 0.347. The molecule has 3 rings (SSSR count). The second-order valence-corrected chi connectivity index (χ2v) is 5.53. The number of benzene rings is 2. The van der Waals surface area contributed by atoms with Crippen molar-refractivity contribution >= 4 is 0 Å². The zero-order valence-electron chi connectivity index (χ0n) is 12.3. The van der Waals surface area contributed by atoms with Crippen molar-refractivity contribution in [1.29, 1.82) is 0 Å². The summed E-state index contributed by atoms with van der Waals surface area (Å²) in [6.45, 7) is 5.36. The van der Waals surface area contributed by atoms with Crippen LogP contribution in [0.1, 0.15) is 41.1 Å². The summed E-state index contributed by atoms with van der Waals surface area (Å²) in [6, 6.07) is 15.3. The van der Waals surface area contributed by atoms with E-state index >= 15 is 0 Å². The van der Waals surface area contributed by atoms with Crippen LogP contribution < -0.4 is 10.1 Å². The molecule has 0 saturated heterocycles. The third kappa shape index (κ3) is 2.10. The topological polar surface area (TPSA) is 21.3 Å². The molecule has 2 nitrogen and oxygen atoms in total. The maximum Gasteiger partial charge on any atom is 0.122 e. The molecule has 1 heterocycles. The molecule has 0 fully saturated rings. The van der Waals surface area contributed by atoms with Crippen LogP contribution in [0.25, 0.3) is 0 Å². The lowest BCUT2D eigenvalue weighted by Gasteiger charge is -2.34. The van der Waals surface area contributed by atoms with Gasteiger partial charge >= 0.3 is 0 Å². The molecular formula is C18H21NO. The Hall–Kier alpha value is -1.80. The van der Waals surface area contributed by atoms with Gasteiger partial charge in [-0.3, -0.25) is 0 Å². The molecule has 20 heavy (non-hydrogen) atoms. The molecule has 0 saturated carbocycles. The van der Waals surface area contributed by atoms with Crippen molar-refractivity contribution in [3.05, 3.63) is 64.7 Å². The van der Waals surface area contributed by atoms with Crippen molar-refractivity contribution in [2.45, 2.75) is 32.4 Å². The normalized spacial score (nSPS) is 21.4. The van der Waals surface area contributed by atoms with E-state index < -0.39 is 0 Å². The summed E-state index contributed by atoms with van der Waals surface area (Å²) in [5.74, 6) is 1.41. The van der Waals surface area contributed by atoms with E-state index in [2.05, 4.69) is 61.6 Å².